The van der Waals surface area contributed by atoms with Crippen LogP contribution in [0.3, 0.4) is 0 Å². The highest BCUT2D eigenvalue weighted by atomic mass is 32.2. The first-order chi connectivity index (χ1) is 10.4. The standard InChI is InChI=1S/C15H15F3OS3/c16-15(17,18)12-4-1-3-11(7-12)8-20-9-13(19)10-22-14-5-2-6-21-14/h1-7,13,19H,8-10H2. The molecule has 1 unspecified atom stereocenters. The van der Waals surface area contributed by atoms with E-state index in [-0.39, 0.29) is 0 Å². The lowest BCUT2D eigenvalue weighted by molar-refractivity contribution is -0.137. The number of thiophene rings is 1. The van der Waals surface area contributed by atoms with Gasteiger partial charge < -0.3 is 5.11 Å². The van der Waals surface area contributed by atoms with Crippen LogP contribution in [0.4, 0.5) is 13.2 Å². The molecule has 1 nitrogen and oxygen atoms in total. The van der Waals surface area contributed by atoms with Gasteiger partial charge in [0, 0.05) is 17.3 Å². The monoisotopic (exact) mass is 364 g/mol. The molecule has 0 aliphatic carbocycles. The quantitative estimate of drug-likeness (QED) is 0.686. The third kappa shape index (κ3) is 5.87. The molecule has 1 aromatic heterocycles. The molecule has 1 heterocycles. The van der Waals surface area contributed by atoms with E-state index >= 15 is 0 Å². The lowest BCUT2D eigenvalue weighted by atomic mass is 10.1. The number of hydrogen-bond acceptors (Lipinski definition) is 4. The zero-order valence-corrected chi connectivity index (χ0v) is 14.0. The summed E-state index contributed by atoms with van der Waals surface area (Å²) in [6, 6.07) is 9.29. The molecule has 0 aliphatic rings. The molecule has 1 aromatic carbocycles. The molecule has 0 spiro atoms. The normalized spacial score (nSPS) is 13.3. The first-order valence-electron chi connectivity index (χ1n) is 6.53. The molecular weight excluding hydrogens is 349 g/mol. The first kappa shape index (κ1) is 17.7. The van der Waals surface area contributed by atoms with E-state index < -0.39 is 17.8 Å². The highest BCUT2D eigenvalue weighted by Gasteiger charge is 2.30. The zero-order valence-electron chi connectivity index (χ0n) is 11.5. The van der Waals surface area contributed by atoms with Crippen molar-refractivity contribution in [3.05, 3.63) is 52.9 Å². The van der Waals surface area contributed by atoms with Gasteiger partial charge in [-0.15, -0.1) is 23.1 Å². The molecule has 0 radical (unpaired) electrons. The summed E-state index contributed by atoms with van der Waals surface area (Å²) in [5.74, 6) is 1.56. The Morgan fingerprint density at radius 3 is 2.64 bits per heavy atom. The van der Waals surface area contributed by atoms with E-state index in [1.165, 1.54) is 23.9 Å². The lowest BCUT2D eigenvalue weighted by Crippen LogP contribution is -2.13. The summed E-state index contributed by atoms with van der Waals surface area (Å²) in [4.78, 5) is 0. The maximum atomic E-state index is 12.6. The molecule has 2 rings (SSSR count). The third-order valence-electron chi connectivity index (χ3n) is 2.75. The minimum atomic E-state index is -4.31. The number of thioether (sulfide) groups is 2. The van der Waals surface area contributed by atoms with Crippen molar-refractivity contribution in [3.63, 3.8) is 0 Å². The average molecular weight is 364 g/mol. The first-order valence-corrected chi connectivity index (χ1v) is 9.55. The number of benzene rings is 1. The predicted octanol–water partition coefficient (Wildman–Crippen LogP) is 5.15. The van der Waals surface area contributed by atoms with E-state index in [4.69, 9.17) is 0 Å². The van der Waals surface area contributed by atoms with Crippen LogP contribution in [0.1, 0.15) is 11.1 Å². The SMILES string of the molecule is OC(CSCc1cccc(C(F)(F)F)c1)CSc1cccs1. The number of aliphatic hydroxyl groups is 1. The Balaban J connectivity index is 1.74. The lowest BCUT2D eigenvalue weighted by Gasteiger charge is -2.11. The minimum Gasteiger partial charge on any atom is -0.391 e. The molecule has 0 amide bonds. The molecule has 0 bridgehead atoms. The van der Waals surface area contributed by atoms with Gasteiger partial charge in [0.15, 0.2) is 0 Å². The zero-order chi connectivity index (χ0) is 16.0. The van der Waals surface area contributed by atoms with E-state index in [0.29, 0.717) is 22.8 Å². The predicted molar refractivity (Wildman–Crippen MR) is 88.7 cm³/mol. The Labute approximate surface area is 139 Å². The van der Waals surface area contributed by atoms with Gasteiger partial charge in [-0.1, -0.05) is 24.3 Å². The van der Waals surface area contributed by atoms with Gasteiger partial charge in [0.2, 0.25) is 0 Å². The van der Waals surface area contributed by atoms with E-state index in [9.17, 15) is 18.3 Å². The second-order valence-electron chi connectivity index (χ2n) is 4.61. The van der Waals surface area contributed by atoms with Crippen molar-refractivity contribution in [3.8, 4) is 0 Å². The van der Waals surface area contributed by atoms with Crippen molar-refractivity contribution in [2.24, 2.45) is 0 Å². The highest BCUT2D eigenvalue weighted by Crippen LogP contribution is 2.30. The summed E-state index contributed by atoms with van der Waals surface area (Å²) < 4.78 is 39.0. The summed E-state index contributed by atoms with van der Waals surface area (Å²) in [7, 11) is 0. The number of aliphatic hydroxyl groups excluding tert-OH is 1. The Morgan fingerprint density at radius 2 is 1.95 bits per heavy atom. The molecular formula is C15H15F3OS3. The van der Waals surface area contributed by atoms with E-state index in [1.807, 2.05) is 17.5 Å². The molecule has 1 N–H and O–H groups in total. The maximum absolute atomic E-state index is 12.6. The third-order valence-corrected chi connectivity index (χ3v) is 6.18. The summed E-state index contributed by atoms with van der Waals surface area (Å²) in [6.07, 6.45) is -4.78. The van der Waals surface area contributed by atoms with Gasteiger partial charge in [0.1, 0.15) is 0 Å². The smallest absolute Gasteiger partial charge is 0.391 e. The largest absolute Gasteiger partial charge is 0.416 e. The second kappa shape index (κ2) is 8.29. The summed E-state index contributed by atoms with van der Waals surface area (Å²) in [5, 5.41) is 11.9. The number of hydrogen-bond donors (Lipinski definition) is 1. The van der Waals surface area contributed by atoms with Gasteiger partial charge in [-0.05, 0) is 23.1 Å². The number of alkyl halides is 3. The van der Waals surface area contributed by atoms with Crippen molar-refractivity contribution in [1.82, 2.24) is 0 Å². The van der Waals surface area contributed by atoms with Crippen LogP contribution in [0.15, 0.2) is 46.0 Å². The molecule has 0 saturated carbocycles. The molecule has 2 aromatic rings. The van der Waals surface area contributed by atoms with Crippen LogP contribution in [0.25, 0.3) is 0 Å². The van der Waals surface area contributed by atoms with E-state index in [2.05, 4.69) is 0 Å². The van der Waals surface area contributed by atoms with Crippen LogP contribution in [-0.4, -0.2) is 22.7 Å². The Morgan fingerprint density at radius 1 is 1.14 bits per heavy atom. The number of rotatable bonds is 7. The fourth-order valence-electron chi connectivity index (χ4n) is 1.72. The van der Waals surface area contributed by atoms with Gasteiger partial charge in [-0.25, -0.2) is 0 Å². The molecule has 1 atom stereocenters. The second-order valence-corrected chi connectivity index (χ2v) is 7.91. The van der Waals surface area contributed by atoms with Gasteiger partial charge in [0.25, 0.3) is 0 Å². The Hall–Kier alpha value is -0.630. The molecule has 7 heteroatoms. The van der Waals surface area contributed by atoms with Crippen molar-refractivity contribution < 1.29 is 18.3 Å². The summed E-state index contributed by atoms with van der Waals surface area (Å²) >= 11 is 4.67. The topological polar surface area (TPSA) is 20.2 Å². The van der Waals surface area contributed by atoms with Crippen molar-refractivity contribution in [1.29, 1.82) is 0 Å². The van der Waals surface area contributed by atoms with Crippen molar-refractivity contribution in [2.75, 3.05) is 11.5 Å². The average Bonchev–Trinajstić information content (AvgIpc) is 2.98. The summed E-state index contributed by atoms with van der Waals surface area (Å²) in [6.45, 7) is 0. The van der Waals surface area contributed by atoms with Gasteiger partial charge >= 0.3 is 6.18 Å². The summed E-state index contributed by atoms with van der Waals surface area (Å²) in [5.41, 5.74) is -0.00247. The fourth-order valence-corrected chi connectivity index (χ4v) is 4.54. The number of halogens is 3. The van der Waals surface area contributed by atoms with Gasteiger partial charge in [-0.3, -0.25) is 0 Å². The van der Waals surface area contributed by atoms with Crippen LogP contribution in [0, 0.1) is 0 Å². The van der Waals surface area contributed by atoms with E-state index in [0.717, 1.165) is 10.3 Å². The van der Waals surface area contributed by atoms with Gasteiger partial charge in [-0.2, -0.15) is 24.9 Å². The molecule has 22 heavy (non-hydrogen) atoms. The van der Waals surface area contributed by atoms with Crippen LogP contribution < -0.4 is 0 Å². The van der Waals surface area contributed by atoms with Crippen molar-refractivity contribution >= 4 is 34.9 Å². The Kier molecular flexibility index (Phi) is 6.67. The minimum absolute atomic E-state index is 0.463. The van der Waals surface area contributed by atoms with Crippen LogP contribution in [-0.2, 0) is 11.9 Å². The molecule has 0 saturated heterocycles. The maximum Gasteiger partial charge on any atom is 0.416 e. The van der Waals surface area contributed by atoms with Crippen LogP contribution in [0.2, 0.25) is 0 Å². The van der Waals surface area contributed by atoms with Crippen LogP contribution in [0.5, 0.6) is 0 Å². The Bertz CT molecular complexity index is 570. The van der Waals surface area contributed by atoms with Crippen LogP contribution >= 0.6 is 34.9 Å². The van der Waals surface area contributed by atoms with E-state index in [1.54, 1.807) is 29.2 Å². The van der Waals surface area contributed by atoms with Crippen molar-refractivity contribution in [2.45, 2.75) is 22.2 Å². The molecule has 0 fully saturated rings. The van der Waals surface area contributed by atoms with Gasteiger partial charge in [0.05, 0.1) is 15.9 Å². The highest BCUT2D eigenvalue weighted by molar-refractivity contribution is 8.01. The fraction of sp³-hybridized carbons (Fsp3) is 0.333. The molecule has 120 valence electrons. The molecule has 0 aliphatic heterocycles.